The van der Waals surface area contributed by atoms with E-state index in [0.29, 0.717) is 11.2 Å². The van der Waals surface area contributed by atoms with E-state index in [2.05, 4.69) is 10.1 Å². The zero-order chi connectivity index (χ0) is 19.5. The van der Waals surface area contributed by atoms with Crippen molar-refractivity contribution in [2.45, 2.75) is 45.5 Å². The molecule has 1 aromatic rings. The van der Waals surface area contributed by atoms with Gasteiger partial charge in [-0.05, 0) is 45.3 Å². The molecule has 1 N–H and O–H groups in total. The fourth-order valence-electron chi connectivity index (χ4n) is 2.24. The lowest BCUT2D eigenvalue weighted by molar-refractivity contribution is -0.0497. The summed E-state index contributed by atoms with van der Waals surface area (Å²) in [6.45, 7) is 4.50. The van der Waals surface area contributed by atoms with E-state index >= 15 is 0 Å². The topological polar surface area (TPSA) is 87.3 Å². The molecule has 1 aliphatic rings. The van der Waals surface area contributed by atoms with Crippen molar-refractivity contribution in [1.29, 1.82) is 10.5 Å². The van der Waals surface area contributed by atoms with Crippen LogP contribution in [0.5, 0.6) is 5.75 Å². The van der Waals surface area contributed by atoms with Crippen molar-refractivity contribution in [2.24, 2.45) is 0 Å². The first-order valence-corrected chi connectivity index (χ1v) is 7.80. The number of benzene rings is 1. The van der Waals surface area contributed by atoms with Crippen molar-refractivity contribution in [3.05, 3.63) is 30.0 Å². The summed E-state index contributed by atoms with van der Waals surface area (Å²) < 4.78 is 41.6. The number of nitrogens with one attached hydrogen (secondary N) is 1. The number of alkyl halides is 2. The SMILES string of the molecule is CC1(C)OB(c2cc(NC=C(C#N)C#N)cc(OC(F)F)c2)OC1(C)C. The minimum Gasteiger partial charge on any atom is -0.435 e. The van der Waals surface area contributed by atoms with Crippen LogP contribution in [-0.2, 0) is 9.31 Å². The highest BCUT2D eigenvalue weighted by Crippen LogP contribution is 2.37. The molecular weight excluding hydrogens is 343 g/mol. The molecule has 1 heterocycles. The van der Waals surface area contributed by atoms with Crippen LogP contribution < -0.4 is 15.5 Å². The Labute approximate surface area is 151 Å². The predicted octanol–water partition coefficient (Wildman–Crippen LogP) is 2.93. The van der Waals surface area contributed by atoms with Gasteiger partial charge in [0.1, 0.15) is 23.5 Å². The van der Waals surface area contributed by atoms with E-state index < -0.39 is 24.9 Å². The first-order valence-electron chi connectivity index (χ1n) is 7.80. The Balaban J connectivity index is 2.37. The van der Waals surface area contributed by atoms with Crippen LogP contribution in [0.15, 0.2) is 30.0 Å². The number of hydrogen-bond acceptors (Lipinski definition) is 6. The molecule has 1 aromatic carbocycles. The van der Waals surface area contributed by atoms with Gasteiger partial charge in [0, 0.05) is 18.0 Å². The van der Waals surface area contributed by atoms with Crippen molar-refractivity contribution < 1.29 is 22.8 Å². The summed E-state index contributed by atoms with van der Waals surface area (Å²) in [6, 6.07) is 7.73. The quantitative estimate of drug-likeness (QED) is 0.641. The number of nitrogens with zero attached hydrogens (tertiary/aromatic N) is 2. The van der Waals surface area contributed by atoms with E-state index in [1.807, 2.05) is 27.7 Å². The van der Waals surface area contributed by atoms with E-state index in [9.17, 15) is 8.78 Å². The zero-order valence-corrected chi connectivity index (χ0v) is 14.8. The second-order valence-electron chi connectivity index (χ2n) is 6.68. The van der Waals surface area contributed by atoms with E-state index in [1.54, 1.807) is 18.2 Å². The van der Waals surface area contributed by atoms with Crippen LogP contribution in [0.4, 0.5) is 14.5 Å². The first kappa shape index (κ1) is 19.7. The molecule has 1 aliphatic heterocycles. The molecule has 0 radical (unpaired) electrons. The molecular formula is C17H18BF2N3O3. The van der Waals surface area contributed by atoms with Gasteiger partial charge in [-0.25, -0.2) is 0 Å². The smallest absolute Gasteiger partial charge is 0.435 e. The Morgan fingerprint density at radius 3 is 2.23 bits per heavy atom. The Kier molecular flexibility index (Phi) is 5.55. The molecule has 0 aromatic heterocycles. The van der Waals surface area contributed by atoms with E-state index in [0.717, 1.165) is 0 Å². The zero-order valence-electron chi connectivity index (χ0n) is 14.8. The van der Waals surface area contributed by atoms with Crippen molar-refractivity contribution in [3.8, 4) is 17.9 Å². The number of nitriles is 2. The van der Waals surface area contributed by atoms with Crippen LogP contribution in [0.2, 0.25) is 0 Å². The Morgan fingerprint density at radius 1 is 1.15 bits per heavy atom. The maximum absolute atomic E-state index is 12.6. The van der Waals surface area contributed by atoms with Gasteiger partial charge in [0.05, 0.1) is 11.2 Å². The van der Waals surface area contributed by atoms with Crippen LogP contribution in [0.3, 0.4) is 0 Å². The molecule has 0 aliphatic carbocycles. The van der Waals surface area contributed by atoms with Gasteiger partial charge in [-0.15, -0.1) is 0 Å². The second-order valence-corrected chi connectivity index (χ2v) is 6.68. The monoisotopic (exact) mass is 361 g/mol. The summed E-state index contributed by atoms with van der Waals surface area (Å²) >= 11 is 0. The van der Waals surface area contributed by atoms with Gasteiger partial charge in [0.25, 0.3) is 0 Å². The summed E-state index contributed by atoms with van der Waals surface area (Å²) in [5.74, 6) is -0.0985. The Hall–Kier alpha value is -2.62. The molecule has 0 amide bonds. The summed E-state index contributed by atoms with van der Waals surface area (Å²) in [6.07, 6.45) is 1.18. The van der Waals surface area contributed by atoms with Crippen LogP contribution in [0.1, 0.15) is 27.7 Å². The third-order valence-corrected chi connectivity index (χ3v) is 4.30. The molecule has 2 rings (SSSR count). The van der Waals surface area contributed by atoms with E-state index in [1.165, 1.54) is 18.3 Å². The lowest BCUT2D eigenvalue weighted by Crippen LogP contribution is -2.41. The Bertz CT molecular complexity index is 765. The van der Waals surface area contributed by atoms with Gasteiger partial charge in [0.15, 0.2) is 0 Å². The second kappa shape index (κ2) is 7.32. The minimum atomic E-state index is -3.00. The molecule has 0 saturated carbocycles. The van der Waals surface area contributed by atoms with Gasteiger partial charge in [-0.2, -0.15) is 19.3 Å². The van der Waals surface area contributed by atoms with E-state index in [4.69, 9.17) is 19.8 Å². The summed E-state index contributed by atoms with van der Waals surface area (Å²) in [5, 5.41) is 20.3. The average Bonchev–Trinajstić information content (AvgIpc) is 2.75. The summed E-state index contributed by atoms with van der Waals surface area (Å²) in [4.78, 5) is 0. The predicted molar refractivity (Wildman–Crippen MR) is 91.7 cm³/mol. The molecule has 0 atom stereocenters. The van der Waals surface area contributed by atoms with Crippen molar-refractivity contribution in [2.75, 3.05) is 5.32 Å². The number of ether oxygens (including phenoxy) is 1. The molecule has 0 bridgehead atoms. The molecule has 1 saturated heterocycles. The molecule has 26 heavy (non-hydrogen) atoms. The van der Waals surface area contributed by atoms with Crippen molar-refractivity contribution in [1.82, 2.24) is 0 Å². The average molecular weight is 361 g/mol. The number of hydrogen-bond donors (Lipinski definition) is 1. The van der Waals surface area contributed by atoms with Gasteiger partial charge in [-0.1, -0.05) is 0 Å². The number of anilines is 1. The lowest BCUT2D eigenvalue weighted by atomic mass is 9.79. The number of halogens is 2. The van der Waals surface area contributed by atoms with Gasteiger partial charge >= 0.3 is 13.7 Å². The molecule has 1 fully saturated rings. The normalized spacial score (nSPS) is 17.3. The molecule has 9 heteroatoms. The van der Waals surface area contributed by atoms with Gasteiger partial charge in [0.2, 0.25) is 0 Å². The largest absolute Gasteiger partial charge is 0.495 e. The molecule has 136 valence electrons. The highest BCUT2D eigenvalue weighted by Gasteiger charge is 2.51. The maximum atomic E-state index is 12.6. The number of allylic oxidation sites excluding steroid dienone is 1. The molecule has 6 nitrogen and oxygen atoms in total. The van der Waals surface area contributed by atoms with Crippen LogP contribution in [0, 0.1) is 22.7 Å². The third kappa shape index (κ3) is 4.31. The van der Waals surface area contributed by atoms with Crippen LogP contribution >= 0.6 is 0 Å². The van der Waals surface area contributed by atoms with Crippen LogP contribution in [0.25, 0.3) is 0 Å². The van der Waals surface area contributed by atoms with Gasteiger partial charge < -0.3 is 19.4 Å². The summed E-state index contributed by atoms with van der Waals surface area (Å²) in [7, 11) is -0.780. The maximum Gasteiger partial charge on any atom is 0.495 e. The minimum absolute atomic E-state index is 0.0985. The number of rotatable bonds is 5. The van der Waals surface area contributed by atoms with Crippen LogP contribution in [-0.4, -0.2) is 24.9 Å². The standard InChI is InChI=1S/C17H18BF2N3O3/c1-16(2)17(3,4)26-18(25-16)12-5-13(23-10-11(8-21)9-22)7-14(6-12)24-15(19)20/h5-7,10,15,23H,1-4H3. The molecule has 0 spiro atoms. The first-order chi connectivity index (χ1) is 12.1. The third-order valence-electron chi connectivity index (χ3n) is 4.30. The lowest BCUT2D eigenvalue weighted by Gasteiger charge is -2.32. The van der Waals surface area contributed by atoms with Crippen molar-refractivity contribution >= 4 is 18.3 Å². The van der Waals surface area contributed by atoms with E-state index in [-0.39, 0.29) is 11.3 Å². The fourth-order valence-corrected chi connectivity index (χ4v) is 2.24. The highest BCUT2D eigenvalue weighted by molar-refractivity contribution is 6.62. The fraction of sp³-hybridized carbons (Fsp3) is 0.412. The van der Waals surface area contributed by atoms with Crippen molar-refractivity contribution in [3.63, 3.8) is 0 Å². The Morgan fingerprint density at radius 2 is 1.73 bits per heavy atom. The van der Waals surface area contributed by atoms with Gasteiger partial charge in [-0.3, -0.25) is 0 Å². The molecule has 0 unspecified atom stereocenters. The highest BCUT2D eigenvalue weighted by atomic mass is 19.3. The summed E-state index contributed by atoms with van der Waals surface area (Å²) in [5.41, 5.74) is -0.551.